The molecule has 33 heavy (non-hydrogen) atoms. The molecule has 0 saturated heterocycles. The molecular weight excluding hydrogens is 416 g/mol. The Hall–Kier alpha value is -2.54. The van der Waals surface area contributed by atoms with Gasteiger partial charge in [0.05, 0.1) is 6.04 Å². The fourth-order valence-electron chi connectivity index (χ4n) is 3.79. The van der Waals surface area contributed by atoms with Crippen LogP contribution in [0.4, 0.5) is 0 Å². The lowest BCUT2D eigenvalue weighted by Crippen LogP contribution is -2.51. The predicted octanol–water partition coefficient (Wildman–Crippen LogP) is 5.09. The van der Waals surface area contributed by atoms with Gasteiger partial charge in [-0.25, -0.2) is 10.8 Å². The third-order valence-corrected chi connectivity index (χ3v) is 5.27. The van der Waals surface area contributed by atoms with Gasteiger partial charge in [0.1, 0.15) is 11.4 Å². The monoisotopic (exact) mass is 462 g/mol. The van der Waals surface area contributed by atoms with E-state index in [1.807, 2.05) is 75.3 Å². The third-order valence-electron chi connectivity index (χ3n) is 5.27. The molecule has 1 unspecified atom stereocenters. The van der Waals surface area contributed by atoms with Gasteiger partial charge >= 0.3 is 0 Å². The second-order valence-electron chi connectivity index (χ2n) is 8.27. The minimum atomic E-state index is -0.679. The van der Waals surface area contributed by atoms with E-state index in [1.54, 1.807) is 12.1 Å². The minimum absolute atomic E-state index is 0.0625. The molecule has 1 rings (SSSR count). The quantitative estimate of drug-likeness (QED) is 0.165. The molecule has 0 saturated carbocycles. The van der Waals surface area contributed by atoms with Crippen LogP contribution in [-0.4, -0.2) is 34.1 Å². The van der Waals surface area contributed by atoms with E-state index in [0.29, 0.717) is 19.1 Å². The summed E-state index contributed by atoms with van der Waals surface area (Å²) in [6.45, 7) is 19.7. The predicted molar refractivity (Wildman–Crippen MR) is 137 cm³/mol. The average molecular weight is 463 g/mol. The summed E-state index contributed by atoms with van der Waals surface area (Å²) in [6.07, 6.45) is 4.59. The number of carbonyl (C=O) groups excluding carboxylic acids is 3. The lowest BCUT2D eigenvalue weighted by Gasteiger charge is -2.35. The van der Waals surface area contributed by atoms with E-state index in [-0.39, 0.29) is 29.3 Å². The Bertz CT molecular complexity index is 788. The van der Waals surface area contributed by atoms with E-state index in [0.717, 1.165) is 17.6 Å². The number of nitrogens with zero attached hydrogens (tertiary/aromatic N) is 2. The van der Waals surface area contributed by atoms with Crippen LogP contribution in [0, 0.1) is 11.3 Å². The summed E-state index contributed by atoms with van der Waals surface area (Å²) in [4.78, 5) is 39.5. The topological polar surface area (TPSA) is 119 Å². The zero-order valence-corrected chi connectivity index (χ0v) is 22.4. The fourth-order valence-corrected chi connectivity index (χ4v) is 3.79. The van der Waals surface area contributed by atoms with Crippen LogP contribution in [0.15, 0.2) is 23.8 Å². The van der Waals surface area contributed by atoms with Crippen LogP contribution >= 0.6 is 0 Å². The van der Waals surface area contributed by atoms with Gasteiger partial charge in [-0.15, -0.1) is 0 Å². The molecular formula is C26H46N4O3. The van der Waals surface area contributed by atoms with Crippen molar-refractivity contribution in [3.8, 4) is 0 Å². The lowest BCUT2D eigenvalue weighted by molar-refractivity contribution is -0.143. The van der Waals surface area contributed by atoms with Crippen molar-refractivity contribution in [1.29, 1.82) is 0 Å². The number of pyridine rings is 1. The van der Waals surface area contributed by atoms with Gasteiger partial charge in [0.2, 0.25) is 5.91 Å². The second kappa shape index (κ2) is 16.1. The van der Waals surface area contributed by atoms with Crippen molar-refractivity contribution in [3.63, 3.8) is 0 Å². The Morgan fingerprint density at radius 3 is 2.12 bits per heavy atom. The van der Waals surface area contributed by atoms with Crippen LogP contribution < -0.4 is 11.6 Å². The van der Waals surface area contributed by atoms with Crippen LogP contribution in [0.1, 0.15) is 109 Å². The smallest absolute Gasteiger partial charge is 0.267 e. The summed E-state index contributed by atoms with van der Waals surface area (Å²) in [6, 6.07) is 3.07. The molecule has 1 aromatic heterocycles. The molecule has 4 N–H and O–H groups in total. The number of allylic oxidation sites excluding steroid dienone is 1. The molecule has 2 atom stereocenters. The molecule has 2 amide bonds. The van der Waals surface area contributed by atoms with Gasteiger partial charge in [0.25, 0.3) is 5.91 Å². The van der Waals surface area contributed by atoms with E-state index in [9.17, 15) is 14.4 Å². The molecule has 0 aliphatic heterocycles. The van der Waals surface area contributed by atoms with Gasteiger partial charge in [0.15, 0.2) is 6.29 Å². The van der Waals surface area contributed by atoms with Crippen molar-refractivity contribution >= 4 is 18.1 Å². The highest BCUT2D eigenvalue weighted by molar-refractivity contribution is 5.91. The Balaban J connectivity index is 0. The van der Waals surface area contributed by atoms with Crippen molar-refractivity contribution < 1.29 is 14.4 Å². The normalized spacial score (nSPS) is 12.9. The van der Waals surface area contributed by atoms with Gasteiger partial charge in [-0.2, -0.15) is 0 Å². The summed E-state index contributed by atoms with van der Waals surface area (Å²) >= 11 is 0. The first-order valence-corrected chi connectivity index (χ1v) is 12.0. The maximum Gasteiger partial charge on any atom is 0.267 e. The number of aldehydes is 1. The number of primary amides is 1. The first-order valence-electron chi connectivity index (χ1n) is 12.0. The molecule has 0 aliphatic carbocycles. The van der Waals surface area contributed by atoms with Gasteiger partial charge in [-0.05, 0) is 56.7 Å². The van der Waals surface area contributed by atoms with E-state index in [4.69, 9.17) is 11.6 Å². The number of carbonyl (C=O) groups is 3. The molecule has 0 bridgehead atoms. The molecule has 1 heterocycles. The van der Waals surface area contributed by atoms with Crippen molar-refractivity contribution in [2.24, 2.45) is 22.9 Å². The summed E-state index contributed by atoms with van der Waals surface area (Å²) in [5.74, 6) is 5.47. The number of hydrogen-bond donors (Lipinski definition) is 2. The van der Waals surface area contributed by atoms with Crippen LogP contribution in [0.25, 0.3) is 0 Å². The summed E-state index contributed by atoms with van der Waals surface area (Å²) in [5, 5.41) is 1.33. The zero-order chi connectivity index (χ0) is 26.4. The van der Waals surface area contributed by atoms with Gasteiger partial charge < -0.3 is 5.73 Å². The number of rotatable bonds is 10. The van der Waals surface area contributed by atoms with Gasteiger partial charge in [-0.3, -0.25) is 19.4 Å². The van der Waals surface area contributed by atoms with E-state index >= 15 is 0 Å². The highest BCUT2D eigenvalue weighted by atomic mass is 16.2. The van der Waals surface area contributed by atoms with E-state index in [1.165, 1.54) is 5.01 Å². The maximum atomic E-state index is 13.0. The number of amides is 2. The van der Waals surface area contributed by atoms with Crippen LogP contribution in [0.5, 0.6) is 0 Å². The van der Waals surface area contributed by atoms with Crippen molar-refractivity contribution in [1.82, 2.24) is 9.99 Å². The van der Waals surface area contributed by atoms with E-state index in [2.05, 4.69) is 4.98 Å². The summed E-state index contributed by atoms with van der Waals surface area (Å²) < 4.78 is 0. The maximum absolute atomic E-state index is 13.0. The first-order chi connectivity index (χ1) is 15.5. The van der Waals surface area contributed by atoms with Gasteiger partial charge in [-0.1, -0.05) is 67.0 Å². The number of hydrazine groups is 1. The molecule has 0 radical (unpaired) electrons. The Morgan fingerprint density at radius 1 is 1.15 bits per heavy atom. The van der Waals surface area contributed by atoms with Crippen molar-refractivity contribution in [2.45, 2.75) is 94.5 Å². The minimum Gasteiger partial charge on any atom is -0.364 e. The molecule has 0 aliphatic rings. The average Bonchev–Trinajstić information content (AvgIpc) is 2.80. The molecule has 0 fully saturated rings. The number of aromatic nitrogens is 1. The van der Waals surface area contributed by atoms with Crippen molar-refractivity contribution in [3.05, 3.63) is 40.7 Å². The molecule has 188 valence electrons. The molecule has 7 nitrogen and oxygen atoms in total. The molecule has 0 aromatic carbocycles. The second-order valence-corrected chi connectivity index (χ2v) is 8.27. The molecule has 0 spiro atoms. The van der Waals surface area contributed by atoms with Crippen molar-refractivity contribution in [2.75, 3.05) is 0 Å². The highest BCUT2D eigenvalue weighted by Gasteiger charge is 2.34. The Kier molecular flexibility index (Phi) is 16.0. The SMILES string of the molecule is C/C=C(\CC)[C@H](C)N(N)C(=O)C(C)(C)CC(C)Cc1cc(C=O)nc(C(N)=O)c1.CC.CC. The number of hydrogen-bond acceptors (Lipinski definition) is 5. The largest absolute Gasteiger partial charge is 0.364 e. The molecule has 1 aromatic rings. The molecule has 7 heteroatoms. The summed E-state index contributed by atoms with van der Waals surface area (Å²) in [5.41, 5.74) is 6.76. The van der Waals surface area contributed by atoms with Crippen LogP contribution in [0.2, 0.25) is 0 Å². The Labute approximate surface area is 201 Å². The third kappa shape index (κ3) is 10.3. The Morgan fingerprint density at radius 2 is 1.70 bits per heavy atom. The fraction of sp³-hybridized carbons (Fsp3) is 0.615. The highest BCUT2D eigenvalue weighted by Crippen LogP contribution is 2.30. The van der Waals surface area contributed by atoms with Crippen LogP contribution in [0.3, 0.4) is 0 Å². The van der Waals surface area contributed by atoms with Gasteiger partial charge in [0, 0.05) is 5.41 Å². The number of nitrogens with two attached hydrogens (primary N) is 2. The lowest BCUT2D eigenvalue weighted by atomic mass is 9.80. The standard InChI is InChI=1S/C22H34N4O3.2C2H6/c1-7-17(8-2)15(4)26(24)21(29)22(5,6)12-14(3)9-16-10-18(13-27)25-19(11-16)20(23)28;2*1-2/h7,10-11,13-15H,8-9,12,24H2,1-6H3,(H2,23,28);2*1-2H3/b17-7+;;/t14?,15-;;/m0../s1. The van der Waals surface area contributed by atoms with Crippen LogP contribution in [-0.2, 0) is 11.2 Å². The first kappa shape index (κ1) is 32.6. The summed E-state index contributed by atoms with van der Waals surface area (Å²) in [7, 11) is 0. The zero-order valence-electron chi connectivity index (χ0n) is 22.4. The van der Waals surface area contributed by atoms with E-state index < -0.39 is 11.3 Å².